The summed E-state index contributed by atoms with van der Waals surface area (Å²) in [5, 5.41) is 2.59. The lowest BCUT2D eigenvalue weighted by atomic mass is 10.2. The van der Waals surface area contributed by atoms with Crippen LogP contribution in [-0.4, -0.2) is 39.7 Å². The highest BCUT2D eigenvalue weighted by Gasteiger charge is 2.22. The molecule has 0 spiro atoms. The SMILES string of the molecule is CCOC(=O)c1ccccc1NC(=O)CN(c1ccc(C)cc1)S(C)(=O)=O. The zero-order chi connectivity index (χ0) is 20.0. The molecule has 0 aliphatic carbocycles. The van der Waals surface area contributed by atoms with E-state index in [2.05, 4.69) is 5.32 Å². The third-order valence-corrected chi connectivity index (χ3v) is 4.85. The highest BCUT2D eigenvalue weighted by atomic mass is 32.2. The topological polar surface area (TPSA) is 92.8 Å². The second-order valence-corrected chi connectivity index (χ2v) is 7.83. The van der Waals surface area contributed by atoms with Crippen molar-refractivity contribution in [2.24, 2.45) is 0 Å². The molecule has 0 saturated heterocycles. The molecule has 2 rings (SSSR count). The first-order valence-corrected chi connectivity index (χ1v) is 10.2. The number of hydrogen-bond donors (Lipinski definition) is 1. The van der Waals surface area contributed by atoms with E-state index in [-0.39, 0.29) is 17.9 Å². The Bertz CT molecular complexity index is 923. The molecule has 0 unspecified atom stereocenters. The van der Waals surface area contributed by atoms with Gasteiger partial charge in [-0.3, -0.25) is 9.10 Å². The lowest BCUT2D eigenvalue weighted by Gasteiger charge is -2.22. The van der Waals surface area contributed by atoms with E-state index in [0.29, 0.717) is 5.69 Å². The van der Waals surface area contributed by atoms with Crippen LogP contribution in [-0.2, 0) is 19.6 Å². The smallest absolute Gasteiger partial charge is 0.340 e. The van der Waals surface area contributed by atoms with Crippen LogP contribution in [0.4, 0.5) is 11.4 Å². The fraction of sp³-hybridized carbons (Fsp3) is 0.263. The predicted molar refractivity (Wildman–Crippen MR) is 104 cm³/mol. The number of anilines is 2. The van der Waals surface area contributed by atoms with Crippen molar-refractivity contribution in [2.75, 3.05) is 29.0 Å². The van der Waals surface area contributed by atoms with Crippen LogP contribution in [0.2, 0.25) is 0 Å². The van der Waals surface area contributed by atoms with Crippen LogP contribution in [0, 0.1) is 6.92 Å². The third kappa shape index (κ3) is 5.55. The number of aryl methyl sites for hydroxylation is 1. The quantitative estimate of drug-likeness (QED) is 0.734. The number of amides is 1. The number of nitrogens with one attached hydrogen (secondary N) is 1. The molecule has 0 fully saturated rings. The Morgan fingerprint density at radius 3 is 2.30 bits per heavy atom. The summed E-state index contributed by atoms with van der Waals surface area (Å²) >= 11 is 0. The number of carbonyl (C=O) groups is 2. The predicted octanol–water partition coefficient (Wildman–Crippen LogP) is 2.58. The van der Waals surface area contributed by atoms with Gasteiger partial charge in [0.1, 0.15) is 6.54 Å². The zero-order valence-corrected chi connectivity index (χ0v) is 16.2. The molecule has 0 heterocycles. The van der Waals surface area contributed by atoms with Crippen molar-refractivity contribution in [3.8, 4) is 0 Å². The van der Waals surface area contributed by atoms with Crippen molar-refractivity contribution in [1.29, 1.82) is 0 Å². The zero-order valence-electron chi connectivity index (χ0n) is 15.4. The summed E-state index contributed by atoms with van der Waals surface area (Å²) in [6.45, 7) is 3.35. The molecule has 2 aromatic carbocycles. The Morgan fingerprint density at radius 1 is 1.07 bits per heavy atom. The van der Waals surface area contributed by atoms with Crippen LogP contribution < -0.4 is 9.62 Å². The molecular formula is C19H22N2O5S. The molecule has 144 valence electrons. The highest BCUT2D eigenvalue weighted by Crippen LogP contribution is 2.20. The summed E-state index contributed by atoms with van der Waals surface area (Å²) in [6, 6.07) is 13.2. The Kier molecular flexibility index (Phi) is 6.57. The van der Waals surface area contributed by atoms with E-state index in [1.165, 1.54) is 6.07 Å². The summed E-state index contributed by atoms with van der Waals surface area (Å²) in [5.74, 6) is -1.13. The monoisotopic (exact) mass is 390 g/mol. The van der Waals surface area contributed by atoms with Gasteiger partial charge in [-0.2, -0.15) is 0 Å². The normalized spacial score (nSPS) is 10.9. The van der Waals surface area contributed by atoms with Crippen molar-refractivity contribution in [3.63, 3.8) is 0 Å². The van der Waals surface area contributed by atoms with Gasteiger partial charge in [-0.25, -0.2) is 13.2 Å². The van der Waals surface area contributed by atoms with E-state index in [9.17, 15) is 18.0 Å². The standard InChI is InChI=1S/C19H22N2O5S/c1-4-26-19(23)16-7-5-6-8-17(16)20-18(22)13-21(27(3,24)25)15-11-9-14(2)10-12-15/h5-12H,4,13H2,1-3H3,(H,20,22). The molecule has 8 heteroatoms. The van der Waals surface area contributed by atoms with Crippen LogP contribution in [0.5, 0.6) is 0 Å². The molecule has 0 aliphatic heterocycles. The molecule has 27 heavy (non-hydrogen) atoms. The van der Waals surface area contributed by atoms with Gasteiger partial charge in [-0.05, 0) is 38.1 Å². The number of esters is 1. The number of nitrogens with zero attached hydrogens (tertiary/aromatic N) is 1. The van der Waals surface area contributed by atoms with Crippen molar-refractivity contribution in [3.05, 3.63) is 59.7 Å². The summed E-state index contributed by atoms with van der Waals surface area (Å²) in [5.41, 5.74) is 1.82. The lowest BCUT2D eigenvalue weighted by molar-refractivity contribution is -0.114. The second-order valence-electron chi connectivity index (χ2n) is 5.92. The van der Waals surface area contributed by atoms with Gasteiger partial charge in [-0.1, -0.05) is 29.8 Å². The van der Waals surface area contributed by atoms with Crippen molar-refractivity contribution in [2.45, 2.75) is 13.8 Å². The van der Waals surface area contributed by atoms with Gasteiger partial charge in [0, 0.05) is 0 Å². The molecule has 0 aliphatic rings. The minimum Gasteiger partial charge on any atom is -0.462 e. The van der Waals surface area contributed by atoms with Gasteiger partial charge < -0.3 is 10.1 Å². The maximum absolute atomic E-state index is 12.5. The molecule has 0 saturated carbocycles. The molecule has 1 amide bonds. The average Bonchev–Trinajstić information content (AvgIpc) is 2.60. The Hall–Kier alpha value is -2.87. The van der Waals surface area contributed by atoms with Crippen LogP contribution in [0.25, 0.3) is 0 Å². The van der Waals surface area contributed by atoms with Crippen molar-refractivity contribution >= 4 is 33.3 Å². The van der Waals surface area contributed by atoms with Crippen LogP contribution in [0.15, 0.2) is 48.5 Å². The fourth-order valence-electron chi connectivity index (χ4n) is 2.41. The van der Waals surface area contributed by atoms with Crippen molar-refractivity contribution < 1.29 is 22.7 Å². The van der Waals surface area contributed by atoms with E-state index in [1.807, 2.05) is 6.92 Å². The Balaban J connectivity index is 2.22. The van der Waals surface area contributed by atoms with Gasteiger partial charge in [0.2, 0.25) is 15.9 Å². The Labute approximate surface area is 159 Å². The lowest BCUT2D eigenvalue weighted by Crippen LogP contribution is -2.37. The minimum absolute atomic E-state index is 0.203. The number of carbonyl (C=O) groups excluding carboxylic acids is 2. The van der Waals surface area contributed by atoms with E-state index >= 15 is 0 Å². The Morgan fingerprint density at radius 2 is 1.70 bits per heavy atom. The van der Waals surface area contributed by atoms with Gasteiger partial charge in [-0.15, -0.1) is 0 Å². The second kappa shape index (κ2) is 8.68. The highest BCUT2D eigenvalue weighted by molar-refractivity contribution is 7.92. The maximum atomic E-state index is 12.5. The van der Waals surface area contributed by atoms with Crippen molar-refractivity contribution in [1.82, 2.24) is 0 Å². The van der Waals surface area contributed by atoms with Crippen LogP contribution in [0.1, 0.15) is 22.8 Å². The third-order valence-electron chi connectivity index (χ3n) is 3.71. The number of benzene rings is 2. The molecule has 0 aromatic heterocycles. The minimum atomic E-state index is -3.67. The summed E-state index contributed by atoms with van der Waals surface area (Å²) < 4.78 is 30.3. The van der Waals surface area contributed by atoms with E-state index in [1.54, 1.807) is 49.4 Å². The van der Waals surface area contributed by atoms with Crippen LogP contribution >= 0.6 is 0 Å². The number of ether oxygens (including phenoxy) is 1. The molecular weight excluding hydrogens is 368 g/mol. The van der Waals surface area contributed by atoms with E-state index in [0.717, 1.165) is 16.1 Å². The number of hydrogen-bond acceptors (Lipinski definition) is 5. The molecule has 0 bridgehead atoms. The van der Waals surface area contributed by atoms with Gasteiger partial charge in [0.05, 0.1) is 29.8 Å². The molecule has 2 aromatic rings. The molecule has 0 atom stereocenters. The summed E-state index contributed by atoms with van der Waals surface area (Å²) in [4.78, 5) is 24.5. The first kappa shape index (κ1) is 20.4. The van der Waals surface area contributed by atoms with Crippen LogP contribution in [0.3, 0.4) is 0 Å². The molecule has 1 N–H and O–H groups in total. The first-order valence-electron chi connectivity index (χ1n) is 8.32. The average molecular weight is 390 g/mol. The first-order chi connectivity index (χ1) is 12.7. The fourth-order valence-corrected chi connectivity index (χ4v) is 3.27. The number of rotatable bonds is 7. The van der Waals surface area contributed by atoms with E-state index in [4.69, 9.17) is 4.74 Å². The largest absolute Gasteiger partial charge is 0.462 e. The van der Waals surface area contributed by atoms with Gasteiger partial charge in [0.25, 0.3) is 0 Å². The number of para-hydroxylation sites is 1. The van der Waals surface area contributed by atoms with Gasteiger partial charge in [0.15, 0.2) is 0 Å². The molecule has 0 radical (unpaired) electrons. The molecule has 7 nitrogen and oxygen atoms in total. The van der Waals surface area contributed by atoms with Gasteiger partial charge >= 0.3 is 5.97 Å². The number of sulfonamides is 1. The maximum Gasteiger partial charge on any atom is 0.340 e. The summed E-state index contributed by atoms with van der Waals surface area (Å²) in [7, 11) is -3.67. The van der Waals surface area contributed by atoms with E-state index < -0.39 is 28.4 Å². The summed E-state index contributed by atoms with van der Waals surface area (Å²) in [6.07, 6.45) is 1.03.